The molecule has 0 fully saturated rings. The zero-order valence-electron chi connectivity index (χ0n) is 12.3. The lowest BCUT2D eigenvalue weighted by Gasteiger charge is -2.10. The lowest BCUT2D eigenvalue weighted by molar-refractivity contribution is 0.0357. The molecule has 0 aliphatic carbocycles. The molecule has 0 aliphatic heterocycles. The van der Waals surface area contributed by atoms with Gasteiger partial charge in [0.2, 0.25) is 0 Å². The minimum absolute atomic E-state index is 0.190. The molecule has 2 heterocycles. The Kier molecular flexibility index (Phi) is 4.12. The summed E-state index contributed by atoms with van der Waals surface area (Å²) < 4.78 is 33.4. The van der Waals surface area contributed by atoms with Crippen LogP contribution in [-0.2, 0) is 11.4 Å². The second kappa shape index (κ2) is 6.21. The lowest BCUT2D eigenvalue weighted by Crippen LogP contribution is -2.26. The van der Waals surface area contributed by atoms with Gasteiger partial charge in [0, 0.05) is 18.7 Å². The SMILES string of the molecule is CCONC(=O)c1cc2occc2n1Cc1ccc(F)c(F)c1. The third-order valence-corrected chi connectivity index (χ3v) is 3.39. The van der Waals surface area contributed by atoms with E-state index in [0.717, 1.165) is 12.1 Å². The average Bonchev–Trinajstić information content (AvgIpc) is 3.11. The summed E-state index contributed by atoms with van der Waals surface area (Å²) >= 11 is 0. The van der Waals surface area contributed by atoms with E-state index in [1.165, 1.54) is 12.3 Å². The van der Waals surface area contributed by atoms with Gasteiger partial charge in [0.05, 0.1) is 18.4 Å². The fourth-order valence-corrected chi connectivity index (χ4v) is 2.35. The Hall–Kier alpha value is -2.67. The summed E-state index contributed by atoms with van der Waals surface area (Å²) in [5, 5.41) is 0. The fourth-order valence-electron chi connectivity index (χ4n) is 2.35. The summed E-state index contributed by atoms with van der Waals surface area (Å²) in [5.74, 6) is -2.29. The standard InChI is InChI=1S/C16H14F2N2O3/c1-2-23-19-16(21)14-8-15-13(5-6-22-15)20(14)9-10-3-4-11(17)12(18)7-10/h3-8H,2,9H2,1H3,(H,19,21). The van der Waals surface area contributed by atoms with Gasteiger partial charge in [-0.3, -0.25) is 9.63 Å². The largest absolute Gasteiger partial charge is 0.463 e. The van der Waals surface area contributed by atoms with Crippen molar-refractivity contribution in [3.8, 4) is 0 Å². The van der Waals surface area contributed by atoms with E-state index >= 15 is 0 Å². The van der Waals surface area contributed by atoms with Crippen LogP contribution >= 0.6 is 0 Å². The number of furan rings is 1. The van der Waals surface area contributed by atoms with Crippen LogP contribution in [0.15, 0.2) is 41.0 Å². The summed E-state index contributed by atoms with van der Waals surface area (Å²) in [5.41, 5.74) is 4.33. The van der Waals surface area contributed by atoms with Gasteiger partial charge in [-0.2, -0.15) is 0 Å². The highest BCUT2D eigenvalue weighted by molar-refractivity contribution is 5.97. The van der Waals surface area contributed by atoms with Crippen LogP contribution in [0.2, 0.25) is 0 Å². The second-order valence-electron chi connectivity index (χ2n) is 4.90. The molecule has 23 heavy (non-hydrogen) atoms. The Balaban J connectivity index is 1.98. The summed E-state index contributed by atoms with van der Waals surface area (Å²) in [6, 6.07) is 6.90. The first-order valence-corrected chi connectivity index (χ1v) is 7.03. The molecule has 3 aromatic rings. The Labute approximate surface area is 130 Å². The van der Waals surface area contributed by atoms with Crippen molar-refractivity contribution >= 4 is 17.0 Å². The van der Waals surface area contributed by atoms with Gasteiger partial charge in [-0.05, 0) is 24.6 Å². The smallest absolute Gasteiger partial charge is 0.291 e. The molecule has 0 bridgehead atoms. The molecule has 5 nitrogen and oxygen atoms in total. The number of hydroxylamine groups is 1. The highest BCUT2D eigenvalue weighted by atomic mass is 19.2. The van der Waals surface area contributed by atoms with Gasteiger partial charge in [0.25, 0.3) is 5.91 Å². The third-order valence-electron chi connectivity index (χ3n) is 3.39. The number of aromatic nitrogens is 1. The Morgan fingerprint density at radius 2 is 2.09 bits per heavy atom. The maximum atomic E-state index is 13.4. The Bertz CT molecular complexity index is 854. The number of nitrogens with one attached hydrogen (secondary N) is 1. The van der Waals surface area contributed by atoms with Crippen LogP contribution in [0.4, 0.5) is 8.78 Å². The lowest BCUT2D eigenvalue weighted by atomic mass is 10.2. The van der Waals surface area contributed by atoms with Crippen molar-refractivity contribution in [2.45, 2.75) is 13.5 Å². The number of rotatable bonds is 5. The van der Waals surface area contributed by atoms with Crippen molar-refractivity contribution in [2.24, 2.45) is 0 Å². The monoisotopic (exact) mass is 320 g/mol. The number of fused-ring (bicyclic) bond motifs is 1. The van der Waals surface area contributed by atoms with Crippen LogP contribution in [0.5, 0.6) is 0 Å². The van der Waals surface area contributed by atoms with E-state index in [1.54, 1.807) is 23.6 Å². The van der Waals surface area contributed by atoms with Crippen molar-refractivity contribution in [1.82, 2.24) is 10.0 Å². The molecule has 1 N–H and O–H groups in total. The first-order chi connectivity index (χ1) is 11.1. The van der Waals surface area contributed by atoms with Gasteiger partial charge in [-0.25, -0.2) is 14.3 Å². The number of carbonyl (C=O) groups is 1. The normalized spacial score (nSPS) is 11.1. The van der Waals surface area contributed by atoms with E-state index in [-0.39, 0.29) is 6.54 Å². The van der Waals surface area contributed by atoms with E-state index < -0.39 is 17.5 Å². The molecule has 0 atom stereocenters. The van der Waals surface area contributed by atoms with Gasteiger partial charge >= 0.3 is 0 Å². The summed E-state index contributed by atoms with van der Waals surface area (Å²) in [4.78, 5) is 17.1. The fraction of sp³-hybridized carbons (Fsp3) is 0.188. The number of halogens is 2. The minimum Gasteiger partial charge on any atom is -0.463 e. The van der Waals surface area contributed by atoms with Crippen LogP contribution in [0.25, 0.3) is 11.1 Å². The van der Waals surface area contributed by atoms with E-state index in [2.05, 4.69) is 5.48 Å². The summed E-state index contributed by atoms with van der Waals surface area (Å²) in [7, 11) is 0. The molecular formula is C16H14F2N2O3. The highest BCUT2D eigenvalue weighted by Crippen LogP contribution is 2.23. The second-order valence-corrected chi connectivity index (χ2v) is 4.90. The zero-order valence-corrected chi connectivity index (χ0v) is 12.3. The average molecular weight is 320 g/mol. The Morgan fingerprint density at radius 3 is 2.83 bits per heavy atom. The van der Waals surface area contributed by atoms with Crippen LogP contribution in [-0.4, -0.2) is 17.1 Å². The van der Waals surface area contributed by atoms with Crippen molar-refractivity contribution in [1.29, 1.82) is 0 Å². The quantitative estimate of drug-likeness (QED) is 0.734. The molecule has 120 valence electrons. The molecule has 1 amide bonds. The zero-order chi connectivity index (χ0) is 16.4. The van der Waals surface area contributed by atoms with Crippen LogP contribution in [0.1, 0.15) is 23.0 Å². The minimum atomic E-state index is -0.932. The predicted octanol–water partition coefficient (Wildman–Crippen LogP) is 3.24. The highest BCUT2D eigenvalue weighted by Gasteiger charge is 2.18. The van der Waals surface area contributed by atoms with Crippen molar-refractivity contribution in [3.05, 3.63) is 59.5 Å². The van der Waals surface area contributed by atoms with Crippen LogP contribution in [0.3, 0.4) is 0 Å². The summed E-state index contributed by atoms with van der Waals surface area (Å²) in [6.07, 6.45) is 1.50. The number of benzene rings is 1. The maximum Gasteiger partial charge on any atom is 0.291 e. The first kappa shape index (κ1) is 15.2. The summed E-state index contributed by atoms with van der Waals surface area (Å²) in [6.45, 7) is 2.26. The van der Waals surface area contributed by atoms with E-state index in [0.29, 0.717) is 29.0 Å². The molecule has 7 heteroatoms. The van der Waals surface area contributed by atoms with E-state index in [9.17, 15) is 13.6 Å². The molecular weight excluding hydrogens is 306 g/mol. The predicted molar refractivity (Wildman–Crippen MR) is 78.8 cm³/mol. The maximum absolute atomic E-state index is 13.4. The first-order valence-electron chi connectivity index (χ1n) is 7.03. The van der Waals surface area contributed by atoms with Gasteiger partial charge in [-0.15, -0.1) is 0 Å². The van der Waals surface area contributed by atoms with Gasteiger partial charge in [-0.1, -0.05) is 6.07 Å². The van der Waals surface area contributed by atoms with Crippen LogP contribution in [0, 0.1) is 11.6 Å². The van der Waals surface area contributed by atoms with Crippen molar-refractivity contribution in [3.63, 3.8) is 0 Å². The van der Waals surface area contributed by atoms with E-state index in [1.807, 2.05) is 0 Å². The molecule has 0 aliphatic rings. The number of amides is 1. The molecule has 3 rings (SSSR count). The van der Waals surface area contributed by atoms with Crippen molar-refractivity contribution < 1.29 is 22.8 Å². The molecule has 2 aromatic heterocycles. The molecule has 0 spiro atoms. The van der Waals surface area contributed by atoms with Gasteiger partial charge in [0.1, 0.15) is 5.69 Å². The molecule has 0 unspecified atom stereocenters. The number of carbonyl (C=O) groups excluding carboxylic acids is 1. The number of nitrogens with zero attached hydrogens (tertiary/aromatic N) is 1. The van der Waals surface area contributed by atoms with E-state index in [4.69, 9.17) is 9.25 Å². The van der Waals surface area contributed by atoms with Crippen molar-refractivity contribution in [2.75, 3.05) is 6.61 Å². The van der Waals surface area contributed by atoms with Crippen LogP contribution < -0.4 is 5.48 Å². The number of hydrogen-bond acceptors (Lipinski definition) is 3. The number of hydrogen-bond donors (Lipinski definition) is 1. The molecule has 1 aromatic carbocycles. The molecule has 0 saturated carbocycles. The third kappa shape index (κ3) is 2.95. The van der Waals surface area contributed by atoms with Gasteiger partial charge in [0.15, 0.2) is 17.2 Å². The molecule has 0 radical (unpaired) electrons. The Morgan fingerprint density at radius 1 is 1.26 bits per heavy atom. The molecule has 0 saturated heterocycles. The van der Waals surface area contributed by atoms with Gasteiger partial charge < -0.3 is 8.98 Å². The topological polar surface area (TPSA) is 56.4 Å².